The zero-order valence-corrected chi connectivity index (χ0v) is 10.4. The van der Waals surface area contributed by atoms with E-state index in [4.69, 9.17) is 9.84 Å². The Hall–Kier alpha value is -1.62. The third-order valence-corrected chi connectivity index (χ3v) is 2.37. The standard InChI is InChI=1S/C13H18FNO3/c1-10(9-16)8-15-13(17)6-7-18-12-4-2-11(14)3-5-12/h2-5,10,16H,6-9H2,1H3,(H,15,17). The largest absolute Gasteiger partial charge is 0.493 e. The van der Waals surface area contributed by atoms with Crippen molar-refractivity contribution in [3.05, 3.63) is 30.1 Å². The molecule has 0 spiro atoms. The van der Waals surface area contributed by atoms with Gasteiger partial charge in [-0.15, -0.1) is 0 Å². The zero-order chi connectivity index (χ0) is 13.4. The van der Waals surface area contributed by atoms with Crippen LogP contribution in [-0.2, 0) is 4.79 Å². The van der Waals surface area contributed by atoms with Crippen LogP contribution in [0.25, 0.3) is 0 Å². The van der Waals surface area contributed by atoms with E-state index in [1.807, 2.05) is 6.92 Å². The number of benzene rings is 1. The maximum absolute atomic E-state index is 12.6. The normalized spacial score (nSPS) is 11.9. The lowest BCUT2D eigenvalue weighted by Crippen LogP contribution is -2.30. The maximum atomic E-state index is 12.6. The van der Waals surface area contributed by atoms with E-state index < -0.39 is 0 Å². The number of aliphatic hydroxyl groups is 1. The number of rotatable bonds is 7. The summed E-state index contributed by atoms with van der Waals surface area (Å²) in [7, 11) is 0. The van der Waals surface area contributed by atoms with Crippen LogP contribution in [0.2, 0.25) is 0 Å². The van der Waals surface area contributed by atoms with Crippen molar-refractivity contribution in [3.63, 3.8) is 0 Å². The molecule has 1 aromatic rings. The molecule has 0 radical (unpaired) electrons. The van der Waals surface area contributed by atoms with Crippen molar-refractivity contribution in [1.82, 2.24) is 5.32 Å². The second kappa shape index (κ2) is 7.66. The minimum Gasteiger partial charge on any atom is -0.493 e. The van der Waals surface area contributed by atoms with E-state index in [1.165, 1.54) is 24.3 Å². The van der Waals surface area contributed by atoms with Gasteiger partial charge < -0.3 is 15.2 Å². The smallest absolute Gasteiger partial charge is 0.223 e. The Morgan fingerprint density at radius 3 is 2.72 bits per heavy atom. The summed E-state index contributed by atoms with van der Waals surface area (Å²) < 4.78 is 17.9. The quantitative estimate of drug-likeness (QED) is 0.773. The van der Waals surface area contributed by atoms with Gasteiger partial charge in [-0.25, -0.2) is 4.39 Å². The Kier molecular flexibility index (Phi) is 6.14. The number of aliphatic hydroxyl groups excluding tert-OH is 1. The molecule has 100 valence electrons. The third kappa shape index (κ3) is 5.63. The van der Waals surface area contributed by atoms with Crippen molar-refractivity contribution >= 4 is 5.91 Å². The van der Waals surface area contributed by atoms with Crippen LogP contribution >= 0.6 is 0 Å². The average molecular weight is 255 g/mol. The number of amides is 1. The third-order valence-electron chi connectivity index (χ3n) is 2.37. The molecule has 2 N–H and O–H groups in total. The SMILES string of the molecule is CC(CO)CNC(=O)CCOc1ccc(F)cc1. The fraction of sp³-hybridized carbons (Fsp3) is 0.462. The zero-order valence-electron chi connectivity index (χ0n) is 10.4. The second-order valence-electron chi connectivity index (χ2n) is 4.14. The van der Waals surface area contributed by atoms with E-state index in [0.717, 1.165) is 0 Å². The maximum Gasteiger partial charge on any atom is 0.223 e. The minimum absolute atomic E-state index is 0.0480. The predicted octanol–water partition coefficient (Wildman–Crippen LogP) is 1.34. The van der Waals surface area contributed by atoms with E-state index in [1.54, 1.807) is 0 Å². The lowest BCUT2D eigenvalue weighted by Gasteiger charge is -2.10. The number of hydrogen-bond acceptors (Lipinski definition) is 3. The summed E-state index contributed by atoms with van der Waals surface area (Å²) in [4.78, 5) is 11.4. The van der Waals surface area contributed by atoms with E-state index in [2.05, 4.69) is 5.32 Å². The molecule has 4 nitrogen and oxygen atoms in total. The molecule has 0 aliphatic rings. The molecule has 5 heteroatoms. The van der Waals surface area contributed by atoms with Gasteiger partial charge >= 0.3 is 0 Å². The monoisotopic (exact) mass is 255 g/mol. The molecule has 0 aliphatic carbocycles. The van der Waals surface area contributed by atoms with Gasteiger partial charge in [-0.1, -0.05) is 6.92 Å². The topological polar surface area (TPSA) is 58.6 Å². The summed E-state index contributed by atoms with van der Waals surface area (Å²) >= 11 is 0. The number of ether oxygens (including phenoxy) is 1. The highest BCUT2D eigenvalue weighted by Gasteiger charge is 2.04. The molecule has 1 rings (SSSR count). The summed E-state index contributed by atoms with van der Waals surface area (Å²) in [6.45, 7) is 2.58. The number of carbonyl (C=O) groups excluding carboxylic acids is 1. The van der Waals surface area contributed by atoms with Crippen molar-refractivity contribution in [2.24, 2.45) is 5.92 Å². The molecule has 18 heavy (non-hydrogen) atoms. The van der Waals surface area contributed by atoms with E-state index >= 15 is 0 Å². The van der Waals surface area contributed by atoms with Crippen LogP contribution in [0.3, 0.4) is 0 Å². The first-order valence-electron chi connectivity index (χ1n) is 5.87. The fourth-order valence-corrected chi connectivity index (χ4v) is 1.23. The van der Waals surface area contributed by atoms with Crippen LogP contribution in [0.1, 0.15) is 13.3 Å². The van der Waals surface area contributed by atoms with Crippen molar-refractivity contribution < 1.29 is 19.0 Å². The molecule has 1 atom stereocenters. The fourth-order valence-electron chi connectivity index (χ4n) is 1.23. The van der Waals surface area contributed by atoms with Gasteiger partial charge in [-0.05, 0) is 30.2 Å². The van der Waals surface area contributed by atoms with Gasteiger partial charge in [0.2, 0.25) is 5.91 Å². The van der Waals surface area contributed by atoms with Gasteiger partial charge in [0.05, 0.1) is 13.0 Å². The van der Waals surface area contributed by atoms with Crippen LogP contribution in [0.15, 0.2) is 24.3 Å². The first-order chi connectivity index (χ1) is 8.61. The van der Waals surface area contributed by atoms with E-state index in [-0.39, 0.29) is 37.3 Å². The van der Waals surface area contributed by atoms with Gasteiger partial charge in [0.15, 0.2) is 0 Å². The van der Waals surface area contributed by atoms with Gasteiger partial charge in [0.25, 0.3) is 0 Å². The molecule has 0 heterocycles. The molecule has 1 unspecified atom stereocenters. The molecule has 0 aliphatic heterocycles. The molecule has 0 saturated heterocycles. The molecule has 0 saturated carbocycles. The molecule has 0 aromatic heterocycles. The van der Waals surface area contributed by atoms with Crippen LogP contribution in [0, 0.1) is 11.7 Å². The van der Waals surface area contributed by atoms with Crippen molar-refractivity contribution in [3.8, 4) is 5.75 Å². The average Bonchev–Trinajstić information content (AvgIpc) is 2.38. The number of hydrogen-bond donors (Lipinski definition) is 2. The van der Waals surface area contributed by atoms with Gasteiger partial charge in [-0.2, -0.15) is 0 Å². The lowest BCUT2D eigenvalue weighted by molar-refractivity contribution is -0.121. The summed E-state index contributed by atoms with van der Waals surface area (Å²) in [5, 5.41) is 11.5. The lowest BCUT2D eigenvalue weighted by atomic mass is 10.2. The van der Waals surface area contributed by atoms with Crippen molar-refractivity contribution in [1.29, 1.82) is 0 Å². The first kappa shape index (κ1) is 14.4. The number of carbonyl (C=O) groups is 1. The Labute approximate surface area is 106 Å². The Balaban J connectivity index is 2.17. The van der Waals surface area contributed by atoms with Gasteiger partial charge in [-0.3, -0.25) is 4.79 Å². The molecule has 1 aromatic carbocycles. The summed E-state index contributed by atoms with van der Waals surface area (Å²) in [5.74, 6) is 0.135. The summed E-state index contributed by atoms with van der Waals surface area (Å²) in [6.07, 6.45) is 0.232. The minimum atomic E-state index is -0.321. The van der Waals surface area contributed by atoms with E-state index in [9.17, 15) is 9.18 Å². The van der Waals surface area contributed by atoms with Crippen LogP contribution < -0.4 is 10.1 Å². The van der Waals surface area contributed by atoms with E-state index in [0.29, 0.717) is 12.3 Å². The van der Waals surface area contributed by atoms with Crippen LogP contribution in [0.5, 0.6) is 5.75 Å². The molecule has 0 bridgehead atoms. The Morgan fingerprint density at radius 2 is 2.11 bits per heavy atom. The van der Waals surface area contributed by atoms with Crippen LogP contribution in [0.4, 0.5) is 4.39 Å². The summed E-state index contributed by atoms with van der Waals surface area (Å²) in [5.41, 5.74) is 0. The van der Waals surface area contributed by atoms with Gasteiger partial charge in [0.1, 0.15) is 11.6 Å². The molecular formula is C13H18FNO3. The Morgan fingerprint density at radius 1 is 1.44 bits per heavy atom. The van der Waals surface area contributed by atoms with Crippen molar-refractivity contribution in [2.75, 3.05) is 19.8 Å². The predicted molar refractivity (Wildman–Crippen MR) is 65.8 cm³/mol. The highest BCUT2D eigenvalue weighted by atomic mass is 19.1. The van der Waals surface area contributed by atoms with Crippen LogP contribution in [-0.4, -0.2) is 30.8 Å². The number of halogens is 1. The second-order valence-corrected chi connectivity index (χ2v) is 4.14. The number of nitrogens with one attached hydrogen (secondary N) is 1. The first-order valence-corrected chi connectivity index (χ1v) is 5.87. The highest BCUT2D eigenvalue weighted by molar-refractivity contribution is 5.75. The molecular weight excluding hydrogens is 237 g/mol. The summed E-state index contributed by atoms with van der Waals surface area (Å²) in [6, 6.07) is 5.64. The molecule has 0 fully saturated rings. The highest BCUT2D eigenvalue weighted by Crippen LogP contribution is 2.10. The Bertz CT molecular complexity index is 367. The van der Waals surface area contributed by atoms with Gasteiger partial charge in [0, 0.05) is 13.2 Å². The molecule has 1 amide bonds. The van der Waals surface area contributed by atoms with Crippen molar-refractivity contribution in [2.45, 2.75) is 13.3 Å².